The van der Waals surface area contributed by atoms with Crippen molar-refractivity contribution in [2.45, 2.75) is 26.7 Å². The Morgan fingerprint density at radius 3 is 2.63 bits per heavy atom. The molecular weight excluding hydrogens is 362 g/mol. The number of carbonyl (C=O) groups is 2. The Hall–Kier alpha value is -2.67. The lowest BCUT2D eigenvalue weighted by Gasteiger charge is -2.31. The van der Waals surface area contributed by atoms with E-state index in [1.807, 2.05) is 30.0 Å². The van der Waals surface area contributed by atoms with Crippen molar-refractivity contribution in [3.8, 4) is 0 Å². The highest BCUT2D eigenvalue weighted by atomic mass is 32.1. The fraction of sp³-hybridized carbons (Fsp3) is 0.350. The normalized spacial score (nSPS) is 15.3. The molecule has 6 nitrogen and oxygen atoms in total. The maximum Gasteiger partial charge on any atom is 0.264 e. The third-order valence-corrected chi connectivity index (χ3v) is 6.33. The van der Waals surface area contributed by atoms with E-state index in [-0.39, 0.29) is 17.7 Å². The van der Waals surface area contributed by atoms with Gasteiger partial charge < -0.3 is 14.7 Å². The molecule has 140 valence electrons. The molecule has 1 aromatic carbocycles. The molecule has 0 saturated carbocycles. The summed E-state index contributed by atoms with van der Waals surface area (Å²) >= 11 is 1.55. The van der Waals surface area contributed by atoms with Crippen molar-refractivity contribution >= 4 is 39.1 Å². The highest BCUT2D eigenvalue weighted by Gasteiger charge is 2.29. The molecular formula is C20H21N3O3S. The van der Waals surface area contributed by atoms with Gasteiger partial charge in [-0.3, -0.25) is 9.59 Å². The minimum Gasteiger partial charge on any atom is -0.360 e. The first-order valence-corrected chi connectivity index (χ1v) is 9.86. The van der Waals surface area contributed by atoms with E-state index in [0.29, 0.717) is 37.5 Å². The zero-order valence-corrected chi connectivity index (χ0v) is 16.1. The second-order valence-electron chi connectivity index (χ2n) is 6.93. The summed E-state index contributed by atoms with van der Waals surface area (Å²) in [7, 11) is 0. The van der Waals surface area contributed by atoms with Gasteiger partial charge in [0.1, 0.15) is 5.76 Å². The van der Waals surface area contributed by atoms with Crippen LogP contribution in [0.1, 0.15) is 33.8 Å². The second kappa shape index (κ2) is 7.15. The number of fused-ring (bicyclic) bond motifs is 1. The van der Waals surface area contributed by atoms with Crippen LogP contribution in [0.2, 0.25) is 0 Å². The van der Waals surface area contributed by atoms with Gasteiger partial charge in [-0.25, -0.2) is 0 Å². The van der Waals surface area contributed by atoms with Crippen LogP contribution >= 0.6 is 11.3 Å². The first-order chi connectivity index (χ1) is 13.0. The van der Waals surface area contributed by atoms with Gasteiger partial charge in [-0.2, -0.15) is 0 Å². The first-order valence-electron chi connectivity index (χ1n) is 9.04. The Kier molecular flexibility index (Phi) is 4.70. The number of rotatable bonds is 3. The molecule has 3 aromatic rings. The van der Waals surface area contributed by atoms with Gasteiger partial charge in [-0.15, -0.1) is 11.3 Å². The number of anilines is 1. The van der Waals surface area contributed by atoms with Crippen LogP contribution < -0.4 is 5.32 Å². The zero-order valence-electron chi connectivity index (χ0n) is 15.3. The minimum absolute atomic E-state index is 0.0616. The summed E-state index contributed by atoms with van der Waals surface area (Å²) in [5.41, 5.74) is 1.04. The summed E-state index contributed by atoms with van der Waals surface area (Å²) in [5, 5.41) is 7.73. The summed E-state index contributed by atoms with van der Waals surface area (Å²) in [6, 6.07) is 9.79. The number of benzene rings is 1. The van der Waals surface area contributed by atoms with Crippen molar-refractivity contribution in [3.05, 3.63) is 46.5 Å². The Balaban J connectivity index is 1.40. The lowest BCUT2D eigenvalue weighted by atomic mass is 9.95. The number of nitrogens with zero attached hydrogens (tertiary/aromatic N) is 2. The molecule has 4 rings (SSSR count). The van der Waals surface area contributed by atoms with Crippen molar-refractivity contribution in [1.29, 1.82) is 0 Å². The summed E-state index contributed by atoms with van der Waals surface area (Å²) in [6.07, 6.45) is 1.30. The number of carbonyl (C=O) groups excluding carboxylic acids is 2. The van der Waals surface area contributed by atoms with E-state index in [1.54, 1.807) is 24.3 Å². The molecule has 1 N–H and O–H groups in total. The van der Waals surface area contributed by atoms with Crippen LogP contribution in [0, 0.1) is 19.8 Å². The molecule has 2 aromatic heterocycles. The van der Waals surface area contributed by atoms with E-state index < -0.39 is 0 Å². The molecule has 0 spiro atoms. The van der Waals surface area contributed by atoms with E-state index in [9.17, 15) is 9.59 Å². The van der Waals surface area contributed by atoms with Crippen LogP contribution in [0.15, 0.2) is 34.9 Å². The van der Waals surface area contributed by atoms with Crippen molar-refractivity contribution < 1.29 is 14.1 Å². The fourth-order valence-corrected chi connectivity index (χ4v) is 4.70. The Labute approximate surface area is 161 Å². The summed E-state index contributed by atoms with van der Waals surface area (Å²) in [4.78, 5) is 28.0. The summed E-state index contributed by atoms with van der Waals surface area (Å²) < 4.78 is 6.10. The highest BCUT2D eigenvalue weighted by molar-refractivity contribution is 7.21. The number of aromatic nitrogens is 1. The number of hydrogen-bond acceptors (Lipinski definition) is 5. The van der Waals surface area contributed by atoms with Crippen LogP contribution in [0.25, 0.3) is 10.1 Å². The number of thiophene rings is 1. The van der Waals surface area contributed by atoms with Crippen LogP contribution in [-0.4, -0.2) is 35.0 Å². The third-order valence-electron chi connectivity index (χ3n) is 5.07. The van der Waals surface area contributed by atoms with Gasteiger partial charge in [0.15, 0.2) is 5.82 Å². The van der Waals surface area contributed by atoms with Crippen LogP contribution in [-0.2, 0) is 4.79 Å². The molecule has 0 aliphatic carbocycles. The average Bonchev–Trinajstić information content (AvgIpc) is 3.24. The smallest absolute Gasteiger partial charge is 0.264 e. The number of piperidine rings is 1. The molecule has 1 aliphatic rings. The topological polar surface area (TPSA) is 75.4 Å². The lowest BCUT2D eigenvalue weighted by Crippen LogP contribution is -2.41. The van der Waals surface area contributed by atoms with Crippen molar-refractivity contribution in [2.75, 3.05) is 18.4 Å². The van der Waals surface area contributed by atoms with E-state index in [1.165, 1.54) is 0 Å². The molecule has 1 aliphatic heterocycles. The number of nitrogens with one attached hydrogen (secondary N) is 1. The second-order valence-corrected chi connectivity index (χ2v) is 7.98. The van der Waals surface area contributed by atoms with E-state index in [0.717, 1.165) is 20.5 Å². The Bertz CT molecular complexity index is 999. The maximum absolute atomic E-state index is 13.0. The van der Waals surface area contributed by atoms with Crippen molar-refractivity contribution in [1.82, 2.24) is 10.1 Å². The minimum atomic E-state index is -0.116. The Morgan fingerprint density at radius 1 is 1.22 bits per heavy atom. The lowest BCUT2D eigenvalue weighted by molar-refractivity contribution is -0.121. The maximum atomic E-state index is 13.0. The van der Waals surface area contributed by atoms with E-state index in [4.69, 9.17) is 4.52 Å². The monoisotopic (exact) mass is 383 g/mol. The highest BCUT2D eigenvalue weighted by Crippen LogP contribution is 2.32. The predicted molar refractivity (Wildman–Crippen MR) is 105 cm³/mol. The molecule has 0 radical (unpaired) electrons. The van der Waals surface area contributed by atoms with Gasteiger partial charge in [0.05, 0.1) is 4.88 Å². The molecule has 7 heteroatoms. The average molecular weight is 383 g/mol. The van der Waals surface area contributed by atoms with Gasteiger partial charge in [0.25, 0.3) is 5.91 Å². The quantitative estimate of drug-likeness (QED) is 0.742. The number of amides is 2. The van der Waals surface area contributed by atoms with Crippen molar-refractivity contribution in [2.24, 2.45) is 5.92 Å². The molecule has 1 saturated heterocycles. The molecule has 27 heavy (non-hydrogen) atoms. The fourth-order valence-electron chi connectivity index (χ4n) is 3.52. The van der Waals surface area contributed by atoms with Gasteiger partial charge in [0.2, 0.25) is 5.91 Å². The van der Waals surface area contributed by atoms with Gasteiger partial charge >= 0.3 is 0 Å². The number of likely N-dealkylation sites (tertiary alicyclic amines) is 1. The van der Waals surface area contributed by atoms with Crippen LogP contribution in [0.5, 0.6) is 0 Å². The standard InChI is InChI=1S/C20H21N3O3S/c1-12-11-17(22-26-12)21-19(24)14-7-9-23(10-8-14)20(25)18-13(2)15-5-3-4-6-16(15)27-18/h3-6,11,14H,7-10H2,1-2H3,(H,21,22,24). The zero-order chi connectivity index (χ0) is 19.0. The predicted octanol–water partition coefficient (Wildman–Crippen LogP) is 4.00. The SMILES string of the molecule is Cc1cc(NC(=O)C2CCN(C(=O)c3sc4ccccc4c3C)CC2)no1. The van der Waals surface area contributed by atoms with Gasteiger partial charge in [-0.05, 0) is 43.7 Å². The van der Waals surface area contributed by atoms with Gasteiger partial charge in [-0.1, -0.05) is 23.4 Å². The van der Waals surface area contributed by atoms with E-state index >= 15 is 0 Å². The first kappa shape index (κ1) is 17.7. The molecule has 0 atom stereocenters. The molecule has 0 bridgehead atoms. The number of hydrogen-bond donors (Lipinski definition) is 1. The van der Waals surface area contributed by atoms with Crippen molar-refractivity contribution in [3.63, 3.8) is 0 Å². The third kappa shape index (κ3) is 3.47. The largest absolute Gasteiger partial charge is 0.360 e. The van der Waals surface area contributed by atoms with E-state index in [2.05, 4.69) is 16.5 Å². The summed E-state index contributed by atoms with van der Waals surface area (Å²) in [6.45, 7) is 4.96. The molecule has 3 heterocycles. The van der Waals surface area contributed by atoms with Crippen LogP contribution in [0.3, 0.4) is 0 Å². The number of aryl methyl sites for hydroxylation is 2. The summed E-state index contributed by atoms with van der Waals surface area (Å²) in [5.74, 6) is 0.990. The van der Waals surface area contributed by atoms with Gasteiger partial charge in [0, 0.05) is 29.8 Å². The molecule has 0 unspecified atom stereocenters. The molecule has 1 fully saturated rings. The molecule has 2 amide bonds. The Morgan fingerprint density at radius 2 is 1.96 bits per heavy atom. The van der Waals surface area contributed by atoms with Crippen LogP contribution in [0.4, 0.5) is 5.82 Å².